The quantitative estimate of drug-likeness (QED) is 0.200. The van der Waals surface area contributed by atoms with E-state index in [0.29, 0.717) is 28.5 Å². The molecule has 3 heterocycles. The monoisotopic (exact) mass is 665 g/mol. The number of benzene rings is 3. The standard InChI is InChI=1S/C33H33F2N5O6S/c1-32(2,36-31(42)43)17-23-19-47-27-13-10-22(28-37-38-30(46-28)39-14-15-44-33(34,35)20-39)16-26(27)40(29(23)41)18-21-8-11-25(12-9-21)45-24-6-4-3-5-7-24/h3-13,16,23,36H,14-15,17-20H2,1-2H3,(H,42,43)/t23-/m0/s1. The second-order valence-electron chi connectivity index (χ2n) is 12.0. The minimum atomic E-state index is -3.33. The molecule has 14 heteroatoms. The number of fused-ring (bicyclic) bond motifs is 1. The predicted octanol–water partition coefficient (Wildman–Crippen LogP) is 6.65. The lowest BCUT2D eigenvalue weighted by atomic mass is 9.90. The number of para-hydroxylation sites is 1. The second kappa shape index (κ2) is 13.2. The van der Waals surface area contributed by atoms with E-state index in [1.165, 1.54) is 16.7 Å². The first-order chi connectivity index (χ1) is 22.4. The number of rotatable bonds is 9. The Labute approximate surface area is 273 Å². The SMILES string of the molecule is CC(C)(C[C@H]1CSc2ccc(-c3nnc(N4CCOC(F)(F)C4)o3)cc2N(Cc2ccc(Oc3ccccc3)cc2)C1=O)NC(=O)O. The summed E-state index contributed by atoms with van der Waals surface area (Å²) in [4.78, 5) is 29.5. The lowest BCUT2D eigenvalue weighted by molar-refractivity contribution is -0.240. The third-order valence-electron chi connectivity index (χ3n) is 7.73. The number of thioether (sulfide) groups is 1. The van der Waals surface area contributed by atoms with Crippen LogP contribution in [0.2, 0.25) is 0 Å². The predicted molar refractivity (Wildman–Crippen MR) is 171 cm³/mol. The molecule has 3 aromatic carbocycles. The number of amides is 2. The molecule has 0 spiro atoms. The van der Waals surface area contributed by atoms with E-state index in [1.807, 2.05) is 60.7 Å². The Balaban J connectivity index is 1.30. The number of hydrogen-bond donors (Lipinski definition) is 2. The fourth-order valence-corrected chi connectivity index (χ4v) is 6.72. The van der Waals surface area contributed by atoms with Crippen molar-refractivity contribution in [3.8, 4) is 23.0 Å². The summed E-state index contributed by atoms with van der Waals surface area (Å²) in [5.74, 6) is 1.23. The molecule has 11 nitrogen and oxygen atoms in total. The number of carboxylic acid groups (broad SMARTS) is 1. The van der Waals surface area contributed by atoms with Crippen molar-refractivity contribution in [1.82, 2.24) is 15.5 Å². The van der Waals surface area contributed by atoms with Gasteiger partial charge in [0.1, 0.15) is 18.0 Å². The molecule has 0 unspecified atom stereocenters. The van der Waals surface area contributed by atoms with Crippen molar-refractivity contribution in [2.24, 2.45) is 5.92 Å². The van der Waals surface area contributed by atoms with Gasteiger partial charge < -0.3 is 34.1 Å². The van der Waals surface area contributed by atoms with E-state index in [4.69, 9.17) is 9.15 Å². The number of hydrogen-bond acceptors (Lipinski definition) is 9. The summed E-state index contributed by atoms with van der Waals surface area (Å²) < 4.78 is 43.9. The van der Waals surface area contributed by atoms with E-state index in [-0.39, 0.29) is 43.9 Å². The Hall–Kier alpha value is -4.69. The zero-order chi connectivity index (χ0) is 33.2. The van der Waals surface area contributed by atoms with Crippen molar-refractivity contribution in [2.45, 2.75) is 43.4 Å². The van der Waals surface area contributed by atoms with Gasteiger partial charge in [0.2, 0.25) is 11.8 Å². The Bertz CT molecular complexity index is 1740. The fraction of sp³-hybridized carbons (Fsp3) is 0.333. The third kappa shape index (κ3) is 7.83. The van der Waals surface area contributed by atoms with Crippen LogP contribution in [-0.4, -0.2) is 64.4 Å². The minimum Gasteiger partial charge on any atom is -0.465 e. The van der Waals surface area contributed by atoms with Crippen LogP contribution in [0.3, 0.4) is 0 Å². The number of morpholine rings is 1. The van der Waals surface area contributed by atoms with Crippen LogP contribution >= 0.6 is 11.8 Å². The van der Waals surface area contributed by atoms with Gasteiger partial charge >= 0.3 is 18.2 Å². The van der Waals surface area contributed by atoms with Crippen molar-refractivity contribution < 1.29 is 37.4 Å². The first kappa shape index (κ1) is 32.3. The van der Waals surface area contributed by atoms with Crippen molar-refractivity contribution in [1.29, 1.82) is 0 Å². The topological polar surface area (TPSA) is 130 Å². The van der Waals surface area contributed by atoms with Gasteiger partial charge in [-0.25, -0.2) is 4.79 Å². The summed E-state index contributed by atoms with van der Waals surface area (Å²) in [6, 6.07) is 22.2. The highest BCUT2D eigenvalue weighted by atomic mass is 32.2. The maximum absolute atomic E-state index is 14.3. The van der Waals surface area contributed by atoms with Crippen LogP contribution in [0.5, 0.6) is 11.5 Å². The van der Waals surface area contributed by atoms with Gasteiger partial charge in [-0.3, -0.25) is 4.79 Å². The van der Waals surface area contributed by atoms with Crippen molar-refractivity contribution in [2.75, 3.05) is 35.2 Å². The molecule has 2 N–H and O–H groups in total. The van der Waals surface area contributed by atoms with Gasteiger partial charge in [0, 0.05) is 28.3 Å². The summed E-state index contributed by atoms with van der Waals surface area (Å²) in [5, 5.41) is 20.0. The Kier molecular flexibility index (Phi) is 9.06. The first-order valence-electron chi connectivity index (χ1n) is 15.0. The van der Waals surface area contributed by atoms with Crippen LogP contribution in [0, 0.1) is 5.92 Å². The number of nitrogens with one attached hydrogen (secondary N) is 1. The normalized spacial score (nSPS) is 18.0. The molecular formula is C33H33F2N5O6S. The Morgan fingerprint density at radius 2 is 1.85 bits per heavy atom. The van der Waals surface area contributed by atoms with Crippen LogP contribution in [0.4, 0.5) is 25.3 Å². The molecular weight excluding hydrogens is 632 g/mol. The number of carbonyl (C=O) groups excluding carboxylic acids is 1. The number of alkyl halides is 2. The summed E-state index contributed by atoms with van der Waals surface area (Å²) in [5.41, 5.74) is 1.12. The smallest absolute Gasteiger partial charge is 0.405 e. The molecule has 1 atom stereocenters. The van der Waals surface area contributed by atoms with Gasteiger partial charge in [0.15, 0.2) is 0 Å². The molecule has 0 aliphatic carbocycles. The van der Waals surface area contributed by atoms with Crippen molar-refractivity contribution >= 4 is 35.5 Å². The van der Waals surface area contributed by atoms with E-state index in [0.717, 1.165) is 10.5 Å². The molecule has 246 valence electrons. The summed E-state index contributed by atoms with van der Waals surface area (Å²) in [6.45, 7) is 3.01. The lowest BCUT2D eigenvalue weighted by Gasteiger charge is -2.31. The van der Waals surface area contributed by atoms with E-state index in [1.54, 1.807) is 30.9 Å². The average molecular weight is 666 g/mol. The second-order valence-corrected chi connectivity index (χ2v) is 13.1. The lowest BCUT2D eigenvalue weighted by Crippen LogP contribution is -2.47. The molecule has 0 saturated carbocycles. The number of halogens is 2. The fourth-order valence-electron chi connectivity index (χ4n) is 5.60. The van der Waals surface area contributed by atoms with Crippen LogP contribution in [-0.2, 0) is 16.1 Å². The van der Waals surface area contributed by atoms with Crippen LogP contribution in [0.25, 0.3) is 11.5 Å². The Morgan fingerprint density at radius 1 is 1.11 bits per heavy atom. The maximum atomic E-state index is 14.3. The molecule has 0 radical (unpaired) electrons. The van der Waals surface area contributed by atoms with Crippen molar-refractivity contribution in [3.63, 3.8) is 0 Å². The van der Waals surface area contributed by atoms with Gasteiger partial charge in [-0.2, -0.15) is 8.78 Å². The molecule has 2 aliphatic heterocycles. The van der Waals surface area contributed by atoms with Gasteiger partial charge in [0.05, 0.1) is 24.8 Å². The Morgan fingerprint density at radius 3 is 2.57 bits per heavy atom. The van der Waals surface area contributed by atoms with E-state index in [2.05, 4.69) is 20.3 Å². The number of aromatic nitrogens is 2. The minimum absolute atomic E-state index is 0.0498. The third-order valence-corrected chi connectivity index (χ3v) is 8.96. The van der Waals surface area contributed by atoms with E-state index in [9.17, 15) is 23.5 Å². The first-order valence-corrected chi connectivity index (χ1v) is 16.0. The molecule has 47 heavy (non-hydrogen) atoms. The van der Waals surface area contributed by atoms with Gasteiger partial charge in [-0.05, 0) is 68.3 Å². The highest BCUT2D eigenvalue weighted by Crippen LogP contribution is 2.41. The highest BCUT2D eigenvalue weighted by molar-refractivity contribution is 7.99. The van der Waals surface area contributed by atoms with E-state index < -0.39 is 30.2 Å². The van der Waals surface area contributed by atoms with Crippen LogP contribution < -0.4 is 19.9 Å². The van der Waals surface area contributed by atoms with E-state index >= 15 is 0 Å². The molecule has 1 fully saturated rings. The molecule has 2 aliphatic rings. The van der Waals surface area contributed by atoms with Crippen LogP contribution in [0.1, 0.15) is 25.8 Å². The number of nitrogens with zero attached hydrogens (tertiary/aromatic N) is 4. The number of anilines is 2. The molecule has 4 aromatic rings. The van der Waals surface area contributed by atoms with Gasteiger partial charge in [0.25, 0.3) is 0 Å². The number of carbonyl (C=O) groups is 2. The zero-order valence-corrected chi connectivity index (χ0v) is 26.5. The van der Waals surface area contributed by atoms with Crippen molar-refractivity contribution in [3.05, 3.63) is 78.4 Å². The summed E-state index contributed by atoms with van der Waals surface area (Å²) in [6.07, 6.45) is -4.21. The summed E-state index contributed by atoms with van der Waals surface area (Å²) in [7, 11) is 0. The number of ether oxygens (including phenoxy) is 2. The average Bonchev–Trinajstić information content (AvgIpc) is 3.48. The molecule has 1 saturated heterocycles. The maximum Gasteiger partial charge on any atom is 0.405 e. The molecule has 0 bridgehead atoms. The zero-order valence-electron chi connectivity index (χ0n) is 25.7. The highest BCUT2D eigenvalue weighted by Gasteiger charge is 2.39. The van der Waals surface area contributed by atoms with Gasteiger partial charge in [-0.15, -0.1) is 16.9 Å². The molecule has 2 amide bonds. The van der Waals surface area contributed by atoms with Crippen LogP contribution in [0.15, 0.2) is 82.1 Å². The molecule has 6 rings (SSSR count). The largest absolute Gasteiger partial charge is 0.465 e. The molecule has 1 aromatic heterocycles. The van der Waals surface area contributed by atoms with Gasteiger partial charge in [-0.1, -0.05) is 35.4 Å². The summed E-state index contributed by atoms with van der Waals surface area (Å²) >= 11 is 1.50.